The van der Waals surface area contributed by atoms with Crippen molar-refractivity contribution in [1.29, 1.82) is 0 Å². The summed E-state index contributed by atoms with van der Waals surface area (Å²) in [5.41, 5.74) is 7.57. The quantitative estimate of drug-likeness (QED) is 0.881. The third-order valence-corrected chi connectivity index (χ3v) is 7.54. The monoisotopic (exact) mass is 376 g/mol. The minimum Gasteiger partial charge on any atom is -0.341 e. The van der Waals surface area contributed by atoms with E-state index in [9.17, 15) is 4.79 Å². The summed E-state index contributed by atoms with van der Waals surface area (Å²) in [5.74, 6) is 1.78. The van der Waals surface area contributed by atoms with Crippen LogP contribution in [-0.4, -0.2) is 52.9 Å². The number of hydrogen-bond acceptors (Lipinski definition) is 5. The molecule has 3 aliphatic rings. The summed E-state index contributed by atoms with van der Waals surface area (Å²) >= 11 is 1.72. The van der Waals surface area contributed by atoms with Gasteiger partial charge in [-0.25, -0.2) is 4.98 Å². The summed E-state index contributed by atoms with van der Waals surface area (Å²) in [4.78, 5) is 22.3. The number of hydrogen-bond donors (Lipinski definition) is 1. The van der Waals surface area contributed by atoms with Gasteiger partial charge in [-0.3, -0.25) is 9.69 Å². The molecule has 1 aromatic rings. The van der Waals surface area contributed by atoms with Crippen LogP contribution in [0.15, 0.2) is 5.38 Å². The molecule has 2 unspecified atom stereocenters. The first-order chi connectivity index (χ1) is 12.6. The Hall–Kier alpha value is -0.980. The van der Waals surface area contributed by atoms with Crippen LogP contribution in [0, 0.1) is 24.7 Å². The Balaban J connectivity index is 1.33. The molecule has 2 bridgehead atoms. The predicted octanol–water partition coefficient (Wildman–Crippen LogP) is 2.64. The maximum absolute atomic E-state index is 13.2. The molecule has 26 heavy (non-hydrogen) atoms. The van der Waals surface area contributed by atoms with Crippen molar-refractivity contribution in [2.24, 2.45) is 23.5 Å². The zero-order chi connectivity index (χ0) is 18.1. The highest BCUT2D eigenvalue weighted by atomic mass is 32.1. The van der Waals surface area contributed by atoms with Crippen molar-refractivity contribution in [1.82, 2.24) is 14.8 Å². The van der Waals surface area contributed by atoms with Crippen LogP contribution in [0.25, 0.3) is 0 Å². The molecule has 2 heterocycles. The van der Waals surface area contributed by atoms with Crippen molar-refractivity contribution in [3.8, 4) is 0 Å². The van der Waals surface area contributed by atoms with Crippen molar-refractivity contribution >= 4 is 17.2 Å². The molecule has 6 heteroatoms. The van der Waals surface area contributed by atoms with Gasteiger partial charge >= 0.3 is 0 Å². The molecule has 0 radical (unpaired) electrons. The van der Waals surface area contributed by atoms with E-state index in [1.807, 2.05) is 0 Å². The third-order valence-electron chi connectivity index (χ3n) is 6.71. The molecule has 3 fully saturated rings. The minimum atomic E-state index is 0.220. The van der Waals surface area contributed by atoms with E-state index in [1.165, 1.54) is 25.0 Å². The Morgan fingerprint density at radius 1 is 1.19 bits per heavy atom. The summed E-state index contributed by atoms with van der Waals surface area (Å²) in [7, 11) is 0. The molecule has 2 N–H and O–H groups in total. The summed E-state index contributed by atoms with van der Waals surface area (Å²) in [6.07, 6.45) is 6.86. The predicted molar refractivity (Wildman–Crippen MR) is 105 cm³/mol. The number of amides is 1. The number of aryl methyl sites for hydroxylation is 1. The minimum absolute atomic E-state index is 0.220. The topological polar surface area (TPSA) is 62.5 Å². The van der Waals surface area contributed by atoms with Crippen molar-refractivity contribution in [3.05, 3.63) is 16.1 Å². The summed E-state index contributed by atoms with van der Waals surface area (Å²) in [6, 6.07) is 0.342. The van der Waals surface area contributed by atoms with Crippen LogP contribution < -0.4 is 5.73 Å². The van der Waals surface area contributed by atoms with Crippen LogP contribution in [0.5, 0.6) is 0 Å². The molecule has 144 valence electrons. The Morgan fingerprint density at radius 3 is 2.65 bits per heavy atom. The molecule has 2 saturated carbocycles. The maximum Gasteiger partial charge on any atom is 0.225 e. The SMILES string of the molecule is Cc1nc(CN2CCCN(C(=O)C3CC4CCCC(C3)C4N)CC2)cs1. The second-order valence-corrected chi connectivity index (χ2v) is 9.57. The lowest BCUT2D eigenvalue weighted by Crippen LogP contribution is -2.50. The fraction of sp³-hybridized carbons (Fsp3) is 0.800. The number of fused-ring (bicyclic) bond motifs is 2. The Morgan fingerprint density at radius 2 is 1.96 bits per heavy atom. The average molecular weight is 377 g/mol. The van der Waals surface area contributed by atoms with Crippen molar-refractivity contribution < 1.29 is 4.79 Å². The van der Waals surface area contributed by atoms with Crippen LogP contribution in [0.3, 0.4) is 0 Å². The number of nitrogens with two attached hydrogens (primary N) is 1. The van der Waals surface area contributed by atoms with Gasteiger partial charge in [0.25, 0.3) is 0 Å². The van der Waals surface area contributed by atoms with Crippen molar-refractivity contribution in [2.75, 3.05) is 26.2 Å². The molecule has 2 aliphatic carbocycles. The van der Waals surface area contributed by atoms with Crippen LogP contribution in [0.4, 0.5) is 0 Å². The van der Waals surface area contributed by atoms with Crippen LogP contribution >= 0.6 is 11.3 Å². The van der Waals surface area contributed by atoms with Gasteiger partial charge in [0, 0.05) is 50.1 Å². The number of thiazole rings is 1. The molecular formula is C20H32N4OS. The number of aromatic nitrogens is 1. The highest BCUT2D eigenvalue weighted by Crippen LogP contribution is 2.42. The number of carbonyl (C=O) groups is 1. The largest absolute Gasteiger partial charge is 0.341 e. The van der Waals surface area contributed by atoms with E-state index in [4.69, 9.17) is 5.73 Å². The molecule has 4 rings (SSSR count). The highest BCUT2D eigenvalue weighted by molar-refractivity contribution is 7.09. The van der Waals surface area contributed by atoms with Gasteiger partial charge in [-0.2, -0.15) is 0 Å². The first-order valence-corrected chi connectivity index (χ1v) is 11.2. The Bertz CT molecular complexity index is 619. The van der Waals surface area contributed by atoms with E-state index in [0.717, 1.165) is 57.0 Å². The number of nitrogens with zero attached hydrogens (tertiary/aromatic N) is 3. The van der Waals surface area contributed by atoms with Gasteiger partial charge in [-0.05, 0) is 50.9 Å². The van der Waals surface area contributed by atoms with Crippen molar-refractivity contribution in [3.63, 3.8) is 0 Å². The molecule has 5 nitrogen and oxygen atoms in total. The first-order valence-electron chi connectivity index (χ1n) is 10.3. The van der Waals surface area contributed by atoms with Gasteiger partial charge in [0.1, 0.15) is 0 Å². The third kappa shape index (κ3) is 3.97. The molecule has 0 spiro atoms. The summed E-state index contributed by atoms with van der Waals surface area (Å²) < 4.78 is 0. The van der Waals surface area contributed by atoms with Gasteiger partial charge in [0.05, 0.1) is 10.7 Å². The Kier molecular flexibility index (Phi) is 5.62. The average Bonchev–Trinajstić information content (AvgIpc) is 2.87. The van der Waals surface area contributed by atoms with E-state index in [0.29, 0.717) is 23.8 Å². The van der Waals surface area contributed by atoms with Crippen molar-refractivity contribution in [2.45, 2.75) is 58.0 Å². The lowest BCUT2D eigenvalue weighted by Gasteiger charge is -2.44. The lowest BCUT2D eigenvalue weighted by atomic mass is 9.65. The first kappa shape index (κ1) is 18.4. The van der Waals surface area contributed by atoms with Crippen LogP contribution in [0.2, 0.25) is 0 Å². The van der Waals surface area contributed by atoms with Gasteiger partial charge in [-0.15, -0.1) is 11.3 Å². The van der Waals surface area contributed by atoms with E-state index in [-0.39, 0.29) is 5.92 Å². The standard InChI is InChI=1S/C20H32N4OS/c1-14-22-18(13-26-14)12-23-6-3-7-24(9-8-23)20(25)17-10-15-4-2-5-16(11-17)19(15)21/h13,15-17,19H,2-12,21H2,1H3. The van der Waals surface area contributed by atoms with E-state index in [1.54, 1.807) is 11.3 Å². The molecule has 0 aromatic carbocycles. The Labute approximate surface area is 160 Å². The molecule has 2 atom stereocenters. The van der Waals surface area contributed by atoms with Crippen LogP contribution in [-0.2, 0) is 11.3 Å². The second-order valence-electron chi connectivity index (χ2n) is 8.51. The van der Waals surface area contributed by atoms with E-state index in [2.05, 4.69) is 27.1 Å². The zero-order valence-corrected chi connectivity index (χ0v) is 16.7. The molecular weight excluding hydrogens is 344 g/mol. The summed E-state index contributed by atoms with van der Waals surface area (Å²) in [6.45, 7) is 6.75. The van der Waals surface area contributed by atoms with Gasteiger partial charge in [0.2, 0.25) is 5.91 Å². The smallest absolute Gasteiger partial charge is 0.225 e. The molecule has 1 aromatic heterocycles. The van der Waals surface area contributed by atoms with Crippen LogP contribution in [0.1, 0.15) is 49.2 Å². The molecule has 1 saturated heterocycles. The second kappa shape index (κ2) is 7.95. The highest BCUT2D eigenvalue weighted by Gasteiger charge is 2.41. The summed E-state index contributed by atoms with van der Waals surface area (Å²) in [5, 5.41) is 3.29. The molecule has 1 amide bonds. The fourth-order valence-corrected chi connectivity index (χ4v) is 5.91. The van der Waals surface area contributed by atoms with Gasteiger partial charge in [-0.1, -0.05) is 6.42 Å². The van der Waals surface area contributed by atoms with Gasteiger partial charge in [0.15, 0.2) is 0 Å². The van der Waals surface area contributed by atoms with E-state index < -0.39 is 0 Å². The van der Waals surface area contributed by atoms with Gasteiger partial charge < -0.3 is 10.6 Å². The normalized spacial score (nSPS) is 33.1. The molecule has 1 aliphatic heterocycles. The number of rotatable bonds is 3. The fourth-order valence-electron chi connectivity index (χ4n) is 5.31. The zero-order valence-electron chi connectivity index (χ0n) is 15.9. The van der Waals surface area contributed by atoms with E-state index >= 15 is 0 Å². The lowest BCUT2D eigenvalue weighted by molar-refractivity contribution is -0.138. The maximum atomic E-state index is 13.2. The number of carbonyl (C=O) groups excluding carboxylic acids is 1.